The van der Waals surface area contributed by atoms with Crippen LogP contribution in [-0.2, 0) is 11.3 Å². The molecule has 0 saturated heterocycles. The van der Waals surface area contributed by atoms with Gasteiger partial charge in [0.15, 0.2) is 11.0 Å². The van der Waals surface area contributed by atoms with Gasteiger partial charge < -0.3 is 15.0 Å². The average Bonchev–Trinajstić information content (AvgIpc) is 3.43. The number of aromatic nitrogens is 4. The minimum atomic E-state index is -1.15. The summed E-state index contributed by atoms with van der Waals surface area (Å²) < 4.78 is 7.55. The number of benzene rings is 1. The fourth-order valence-electron chi connectivity index (χ4n) is 3.97. The third kappa shape index (κ3) is 3.53. The number of fused-ring (bicyclic) bond motifs is 1. The van der Waals surface area contributed by atoms with Crippen LogP contribution in [0.25, 0.3) is 11.2 Å². The van der Waals surface area contributed by atoms with Crippen molar-refractivity contribution in [3.05, 3.63) is 46.4 Å². The van der Waals surface area contributed by atoms with Gasteiger partial charge in [-0.05, 0) is 44.7 Å². The van der Waals surface area contributed by atoms with Crippen LogP contribution in [0.5, 0.6) is 0 Å². The van der Waals surface area contributed by atoms with E-state index in [1.165, 1.54) is 0 Å². The lowest BCUT2D eigenvalue weighted by Gasteiger charge is -2.28. The second-order valence-electron chi connectivity index (χ2n) is 7.98. The fourth-order valence-corrected chi connectivity index (χ4v) is 4.31. The van der Waals surface area contributed by atoms with Crippen molar-refractivity contribution in [1.82, 2.24) is 19.5 Å². The summed E-state index contributed by atoms with van der Waals surface area (Å²) in [6.45, 7) is 6.18. The number of aryl methyl sites for hydroxylation is 3. The average molecular weight is 411 g/mol. The quantitative estimate of drug-likeness (QED) is 0.494. The number of nitrogens with two attached hydrogens (primary N) is 1. The smallest absolute Gasteiger partial charge is 0.222 e. The predicted molar refractivity (Wildman–Crippen MR) is 116 cm³/mol. The molecule has 2 N–H and O–H groups in total. The van der Waals surface area contributed by atoms with E-state index in [0.717, 1.165) is 40.7 Å². The van der Waals surface area contributed by atoms with Gasteiger partial charge in [0.25, 0.3) is 0 Å². The molecule has 0 spiro atoms. The molecule has 1 aliphatic rings. The maximum atomic E-state index is 13.5. The van der Waals surface area contributed by atoms with Crippen molar-refractivity contribution in [3.8, 4) is 0 Å². The molecule has 0 aliphatic heterocycles. The first-order valence-corrected chi connectivity index (χ1v) is 10.3. The highest BCUT2D eigenvalue weighted by Gasteiger charge is 2.37. The lowest BCUT2D eigenvalue weighted by molar-refractivity contribution is 0.0408. The first kappa shape index (κ1) is 19.9. The molecule has 4 rings (SSSR count). The fraction of sp³-hybridized carbons (Fsp3) is 0.429. The summed E-state index contributed by atoms with van der Waals surface area (Å²) in [4.78, 5) is 26.8. The van der Waals surface area contributed by atoms with Gasteiger partial charge in [-0.3, -0.25) is 4.79 Å². The zero-order chi connectivity index (χ0) is 20.9. The Morgan fingerprint density at radius 1 is 1.28 bits per heavy atom. The van der Waals surface area contributed by atoms with Gasteiger partial charge in [0, 0.05) is 18.6 Å². The Bertz CT molecular complexity index is 1100. The molecule has 1 aromatic carbocycles. The van der Waals surface area contributed by atoms with E-state index in [1.54, 1.807) is 13.4 Å². The third-order valence-electron chi connectivity index (χ3n) is 5.53. The number of carbonyl (C=O) groups excluding carboxylic acids is 1. The summed E-state index contributed by atoms with van der Waals surface area (Å²) in [5.41, 5.74) is 11.9. The Morgan fingerprint density at radius 3 is 2.52 bits per heavy atom. The van der Waals surface area contributed by atoms with Crippen molar-refractivity contribution >= 4 is 32.1 Å². The van der Waals surface area contributed by atoms with Gasteiger partial charge in [-0.2, -0.15) is 4.98 Å². The van der Waals surface area contributed by atoms with Crippen molar-refractivity contribution < 1.29 is 9.53 Å². The summed E-state index contributed by atoms with van der Waals surface area (Å²) in [7, 11) is 4.13. The van der Waals surface area contributed by atoms with Gasteiger partial charge in [0.2, 0.25) is 11.7 Å². The first-order valence-electron chi connectivity index (χ1n) is 9.68. The largest absolute Gasteiger partial charge is 0.368 e. The topological polar surface area (TPSA) is 95.9 Å². The van der Waals surface area contributed by atoms with Crippen LogP contribution in [0.3, 0.4) is 0 Å². The van der Waals surface area contributed by atoms with Gasteiger partial charge in [0.05, 0.1) is 18.6 Å². The molecular formula is C21H26N5O2P. The predicted octanol–water partition coefficient (Wildman–Crippen LogP) is 3.31. The molecule has 0 radical (unpaired) electrons. The number of Topliss-reactive ketones (excluding diaryl/α,β-unsaturated/α-hetero) is 1. The number of imidazole rings is 1. The third-order valence-corrected chi connectivity index (χ3v) is 6.21. The van der Waals surface area contributed by atoms with E-state index in [0.29, 0.717) is 17.1 Å². The minimum absolute atomic E-state index is 0.0914. The Kier molecular flexibility index (Phi) is 4.91. The SMILES string of the molecule is COC(P)(Cn1cnc2c(C3CC3)nc(N)nc21)C(=O)c1c(C)cc(C)cc1C. The second kappa shape index (κ2) is 7.15. The highest BCUT2D eigenvalue weighted by molar-refractivity contribution is 7.20. The molecule has 1 aliphatic carbocycles. The lowest BCUT2D eigenvalue weighted by Crippen LogP contribution is -2.39. The van der Waals surface area contributed by atoms with Crippen molar-refractivity contribution in [1.29, 1.82) is 0 Å². The maximum Gasteiger partial charge on any atom is 0.222 e. The summed E-state index contributed by atoms with van der Waals surface area (Å²) in [6, 6.07) is 4.03. The molecule has 8 heteroatoms. The number of carbonyl (C=O) groups is 1. The van der Waals surface area contributed by atoms with Gasteiger partial charge >= 0.3 is 0 Å². The highest BCUT2D eigenvalue weighted by Crippen LogP contribution is 2.42. The second-order valence-corrected chi connectivity index (χ2v) is 8.92. The number of nitrogen functional groups attached to an aromatic ring is 1. The molecule has 2 heterocycles. The van der Waals surface area contributed by atoms with E-state index in [2.05, 4.69) is 24.2 Å². The Labute approximate surface area is 172 Å². The minimum Gasteiger partial charge on any atom is -0.368 e. The standard InChI is InChI=1S/C21H26N5O2P/c1-11-7-12(2)15(13(3)8-11)18(27)21(29,28-4)9-26-10-23-17-16(14-5-6-14)24-20(22)25-19(17)26/h7-8,10,14H,5-6,9,29H2,1-4H3,(H2,22,24,25). The zero-order valence-electron chi connectivity index (χ0n) is 17.2. The molecule has 29 heavy (non-hydrogen) atoms. The number of ketones is 1. The zero-order valence-corrected chi connectivity index (χ0v) is 18.3. The highest BCUT2D eigenvalue weighted by atomic mass is 31.0. The van der Waals surface area contributed by atoms with Crippen LogP contribution in [0, 0.1) is 20.8 Å². The van der Waals surface area contributed by atoms with Crippen LogP contribution in [0.2, 0.25) is 0 Å². The van der Waals surface area contributed by atoms with Crippen LogP contribution < -0.4 is 5.73 Å². The van der Waals surface area contributed by atoms with E-state index in [9.17, 15) is 4.79 Å². The molecule has 7 nitrogen and oxygen atoms in total. The number of anilines is 1. The van der Waals surface area contributed by atoms with Crippen LogP contribution in [0.1, 0.15) is 51.5 Å². The number of methoxy groups -OCH3 is 1. The molecule has 2 unspecified atom stereocenters. The molecule has 0 bridgehead atoms. The summed E-state index contributed by atoms with van der Waals surface area (Å²) >= 11 is 0. The number of ether oxygens (including phenoxy) is 1. The molecule has 1 saturated carbocycles. The van der Waals surface area contributed by atoms with E-state index in [-0.39, 0.29) is 18.3 Å². The van der Waals surface area contributed by atoms with E-state index >= 15 is 0 Å². The van der Waals surface area contributed by atoms with Crippen LogP contribution in [-0.4, -0.2) is 37.8 Å². The van der Waals surface area contributed by atoms with E-state index < -0.39 is 5.34 Å². The molecule has 2 atom stereocenters. The number of nitrogens with zero attached hydrogens (tertiary/aromatic N) is 4. The number of hydrogen-bond acceptors (Lipinski definition) is 6. The number of hydrogen-bond donors (Lipinski definition) is 1. The van der Waals surface area contributed by atoms with Crippen LogP contribution in [0.4, 0.5) is 5.95 Å². The molecule has 1 fully saturated rings. The normalized spacial score (nSPS) is 16.2. The van der Waals surface area contributed by atoms with Crippen molar-refractivity contribution in [2.45, 2.75) is 51.4 Å². The van der Waals surface area contributed by atoms with Crippen molar-refractivity contribution in [2.75, 3.05) is 12.8 Å². The molecule has 3 aromatic rings. The van der Waals surface area contributed by atoms with Crippen LogP contribution >= 0.6 is 9.24 Å². The Hall–Kier alpha value is -2.37. The van der Waals surface area contributed by atoms with E-state index in [1.807, 2.05) is 37.5 Å². The molecule has 152 valence electrons. The molecular weight excluding hydrogens is 385 g/mol. The van der Waals surface area contributed by atoms with Crippen molar-refractivity contribution in [2.24, 2.45) is 0 Å². The van der Waals surface area contributed by atoms with E-state index in [4.69, 9.17) is 10.5 Å². The van der Waals surface area contributed by atoms with Gasteiger partial charge in [-0.15, -0.1) is 0 Å². The Balaban J connectivity index is 1.75. The molecule has 0 amide bonds. The summed E-state index contributed by atoms with van der Waals surface area (Å²) in [6.07, 6.45) is 3.87. The maximum absolute atomic E-state index is 13.5. The molecule has 2 aromatic heterocycles. The monoisotopic (exact) mass is 411 g/mol. The number of rotatable bonds is 6. The Morgan fingerprint density at radius 2 is 1.93 bits per heavy atom. The van der Waals surface area contributed by atoms with Gasteiger partial charge in [-0.25, -0.2) is 9.97 Å². The van der Waals surface area contributed by atoms with Gasteiger partial charge in [-0.1, -0.05) is 26.9 Å². The lowest BCUT2D eigenvalue weighted by atomic mass is 9.93. The van der Waals surface area contributed by atoms with Crippen LogP contribution in [0.15, 0.2) is 18.5 Å². The summed E-state index contributed by atoms with van der Waals surface area (Å²) in [5, 5.41) is -1.15. The van der Waals surface area contributed by atoms with Gasteiger partial charge in [0.1, 0.15) is 5.52 Å². The summed E-state index contributed by atoms with van der Waals surface area (Å²) in [5.74, 6) is 0.532. The van der Waals surface area contributed by atoms with Crippen molar-refractivity contribution in [3.63, 3.8) is 0 Å². The first-order chi connectivity index (χ1) is 13.7.